The minimum absolute atomic E-state index is 0.0697. The zero-order valence-electron chi connectivity index (χ0n) is 15.1. The Bertz CT molecular complexity index is 717. The van der Waals surface area contributed by atoms with Crippen LogP contribution < -0.4 is 10.2 Å². The van der Waals surface area contributed by atoms with Crippen LogP contribution in [0.25, 0.3) is 0 Å². The molecule has 1 fully saturated rings. The molecule has 1 aromatic heterocycles. The molecule has 7 nitrogen and oxygen atoms in total. The van der Waals surface area contributed by atoms with Crippen molar-refractivity contribution in [2.45, 2.75) is 32.6 Å². The fraction of sp³-hybridized carbons (Fsp3) is 0.611. The number of hydrogen-bond acceptors (Lipinski definition) is 5. The fourth-order valence-electron chi connectivity index (χ4n) is 3.57. The van der Waals surface area contributed by atoms with E-state index in [-0.39, 0.29) is 12.0 Å². The molecule has 1 aliphatic carbocycles. The van der Waals surface area contributed by atoms with Gasteiger partial charge in [0.05, 0.1) is 38.3 Å². The quantitative estimate of drug-likeness (QED) is 0.812. The molecule has 2 heterocycles. The number of amides is 2. The second-order valence-electron chi connectivity index (χ2n) is 6.69. The summed E-state index contributed by atoms with van der Waals surface area (Å²) in [5.74, 6) is -0.0697. The SMILES string of the molecule is CCOC(=O)N1CC[NH+](CC(=O)Nc2sc3c(c2C#N)CCCC3)CC1. The topological polar surface area (TPSA) is 86.9 Å². The van der Waals surface area contributed by atoms with Crippen LogP contribution in [0.4, 0.5) is 9.80 Å². The first-order valence-electron chi connectivity index (χ1n) is 9.22. The summed E-state index contributed by atoms with van der Waals surface area (Å²) in [6.07, 6.45) is 3.93. The highest BCUT2D eigenvalue weighted by Crippen LogP contribution is 2.37. The van der Waals surface area contributed by atoms with Crippen LogP contribution in [0.2, 0.25) is 0 Å². The van der Waals surface area contributed by atoms with Crippen LogP contribution in [0, 0.1) is 11.3 Å². The summed E-state index contributed by atoms with van der Waals surface area (Å²) in [6.45, 7) is 5.15. The number of nitrogens with one attached hydrogen (secondary N) is 2. The molecule has 2 aliphatic rings. The summed E-state index contributed by atoms with van der Waals surface area (Å²) in [7, 11) is 0. The summed E-state index contributed by atoms with van der Waals surface area (Å²) in [4.78, 5) is 28.2. The van der Waals surface area contributed by atoms with Gasteiger partial charge in [-0.1, -0.05) is 0 Å². The van der Waals surface area contributed by atoms with Crippen LogP contribution in [0.1, 0.15) is 35.8 Å². The van der Waals surface area contributed by atoms with E-state index in [1.54, 1.807) is 23.2 Å². The van der Waals surface area contributed by atoms with E-state index in [1.807, 2.05) is 0 Å². The molecule has 0 spiro atoms. The first-order chi connectivity index (χ1) is 12.6. The highest BCUT2D eigenvalue weighted by molar-refractivity contribution is 7.16. The predicted octanol–water partition coefficient (Wildman–Crippen LogP) is 0.794. The lowest BCUT2D eigenvalue weighted by molar-refractivity contribution is -0.895. The maximum Gasteiger partial charge on any atom is 0.410 e. The van der Waals surface area contributed by atoms with Crippen molar-refractivity contribution in [2.75, 3.05) is 44.6 Å². The molecule has 140 valence electrons. The lowest BCUT2D eigenvalue weighted by Crippen LogP contribution is -3.15. The van der Waals surface area contributed by atoms with Crippen molar-refractivity contribution in [3.05, 3.63) is 16.0 Å². The minimum Gasteiger partial charge on any atom is -0.450 e. The van der Waals surface area contributed by atoms with Crippen LogP contribution in [-0.2, 0) is 22.4 Å². The third kappa shape index (κ3) is 4.17. The van der Waals surface area contributed by atoms with Gasteiger partial charge in [0.2, 0.25) is 0 Å². The molecule has 0 bridgehead atoms. The number of fused-ring (bicyclic) bond motifs is 1. The van der Waals surface area contributed by atoms with Crippen molar-refractivity contribution >= 4 is 28.3 Å². The van der Waals surface area contributed by atoms with Gasteiger partial charge in [-0.05, 0) is 38.2 Å². The average molecular weight is 377 g/mol. The van der Waals surface area contributed by atoms with E-state index in [0.717, 1.165) is 49.2 Å². The third-order valence-electron chi connectivity index (χ3n) is 4.94. The van der Waals surface area contributed by atoms with E-state index in [9.17, 15) is 14.9 Å². The number of thiophene rings is 1. The number of nitrogens with zero attached hydrogens (tertiary/aromatic N) is 2. The van der Waals surface area contributed by atoms with Crippen molar-refractivity contribution in [2.24, 2.45) is 0 Å². The molecule has 0 atom stereocenters. The van der Waals surface area contributed by atoms with Gasteiger partial charge in [0.25, 0.3) is 5.91 Å². The van der Waals surface area contributed by atoms with Gasteiger partial charge in [0, 0.05) is 4.88 Å². The van der Waals surface area contributed by atoms with Crippen LogP contribution in [0.15, 0.2) is 0 Å². The number of anilines is 1. The predicted molar refractivity (Wildman–Crippen MR) is 98.5 cm³/mol. The summed E-state index contributed by atoms with van der Waals surface area (Å²) in [6, 6.07) is 2.27. The highest BCUT2D eigenvalue weighted by atomic mass is 32.1. The Balaban J connectivity index is 1.53. The van der Waals surface area contributed by atoms with Crippen molar-refractivity contribution in [3.63, 3.8) is 0 Å². The molecule has 1 aliphatic heterocycles. The van der Waals surface area contributed by atoms with E-state index in [1.165, 1.54) is 4.88 Å². The molecule has 0 unspecified atom stereocenters. The molecule has 1 aromatic rings. The van der Waals surface area contributed by atoms with Gasteiger partial charge in [-0.2, -0.15) is 5.26 Å². The van der Waals surface area contributed by atoms with E-state index < -0.39 is 0 Å². The van der Waals surface area contributed by atoms with Gasteiger partial charge in [-0.25, -0.2) is 4.79 Å². The van der Waals surface area contributed by atoms with Gasteiger partial charge in [-0.3, -0.25) is 9.69 Å². The average Bonchev–Trinajstić information content (AvgIpc) is 2.99. The number of aryl methyl sites for hydroxylation is 1. The van der Waals surface area contributed by atoms with E-state index in [0.29, 0.717) is 36.8 Å². The Kier molecular flexibility index (Phi) is 6.12. The maximum absolute atomic E-state index is 12.4. The van der Waals surface area contributed by atoms with Gasteiger partial charge >= 0.3 is 6.09 Å². The van der Waals surface area contributed by atoms with Gasteiger partial charge < -0.3 is 15.0 Å². The van der Waals surface area contributed by atoms with Gasteiger partial charge in [-0.15, -0.1) is 11.3 Å². The van der Waals surface area contributed by atoms with Crippen LogP contribution in [-0.4, -0.2) is 56.2 Å². The van der Waals surface area contributed by atoms with Crippen molar-refractivity contribution in [1.82, 2.24) is 4.90 Å². The molecule has 2 N–H and O–H groups in total. The Labute approximate surface area is 157 Å². The first kappa shape index (κ1) is 18.7. The molecule has 2 amide bonds. The second kappa shape index (κ2) is 8.52. The third-order valence-corrected chi connectivity index (χ3v) is 6.15. The molecule has 3 rings (SSSR count). The first-order valence-corrected chi connectivity index (χ1v) is 10.0. The number of carbonyl (C=O) groups excluding carboxylic acids is 2. The molecule has 0 radical (unpaired) electrons. The molecule has 1 saturated heterocycles. The lowest BCUT2D eigenvalue weighted by atomic mass is 9.96. The standard InChI is InChI=1S/C18H24N4O3S/c1-2-25-18(24)22-9-7-21(8-10-22)12-16(23)20-17-14(11-19)13-5-3-4-6-15(13)26-17/h2-10,12H2,1H3,(H,20,23)/p+1. The number of quaternary nitrogens is 1. The molecule has 8 heteroatoms. The van der Waals surface area contributed by atoms with Crippen LogP contribution in [0.5, 0.6) is 0 Å². The van der Waals surface area contributed by atoms with E-state index in [4.69, 9.17) is 4.74 Å². The second-order valence-corrected chi connectivity index (χ2v) is 7.79. The van der Waals surface area contributed by atoms with Gasteiger partial charge in [0.1, 0.15) is 11.1 Å². The Hall–Kier alpha value is -2.11. The van der Waals surface area contributed by atoms with Crippen LogP contribution in [0.3, 0.4) is 0 Å². The smallest absolute Gasteiger partial charge is 0.410 e. The zero-order chi connectivity index (χ0) is 18.5. The lowest BCUT2D eigenvalue weighted by Gasteiger charge is -2.31. The summed E-state index contributed by atoms with van der Waals surface area (Å²) < 4.78 is 5.01. The monoisotopic (exact) mass is 377 g/mol. The number of carbonyl (C=O) groups is 2. The Morgan fingerprint density at radius 1 is 1.31 bits per heavy atom. The minimum atomic E-state index is -0.279. The number of piperazine rings is 1. The van der Waals surface area contributed by atoms with Crippen molar-refractivity contribution in [3.8, 4) is 6.07 Å². The maximum atomic E-state index is 12.4. The summed E-state index contributed by atoms with van der Waals surface area (Å²) >= 11 is 1.55. The van der Waals surface area contributed by atoms with Crippen LogP contribution >= 0.6 is 11.3 Å². The number of nitriles is 1. The highest BCUT2D eigenvalue weighted by Gasteiger charge is 2.27. The Morgan fingerprint density at radius 3 is 2.73 bits per heavy atom. The molecule has 26 heavy (non-hydrogen) atoms. The zero-order valence-corrected chi connectivity index (χ0v) is 15.9. The fourth-order valence-corrected chi connectivity index (χ4v) is 4.82. The molecule has 0 saturated carbocycles. The largest absolute Gasteiger partial charge is 0.450 e. The summed E-state index contributed by atoms with van der Waals surface area (Å²) in [5.41, 5.74) is 1.79. The Morgan fingerprint density at radius 2 is 2.04 bits per heavy atom. The molecular weight excluding hydrogens is 352 g/mol. The molecular formula is C18H25N4O3S+. The van der Waals surface area contributed by atoms with E-state index in [2.05, 4.69) is 11.4 Å². The normalized spacial score (nSPS) is 17.3. The van der Waals surface area contributed by atoms with E-state index >= 15 is 0 Å². The number of rotatable bonds is 4. The number of ether oxygens (including phenoxy) is 1. The number of hydrogen-bond donors (Lipinski definition) is 2. The van der Waals surface area contributed by atoms with Gasteiger partial charge in [0.15, 0.2) is 6.54 Å². The summed E-state index contributed by atoms with van der Waals surface area (Å²) in [5, 5.41) is 13.1. The van der Waals surface area contributed by atoms with Crippen molar-refractivity contribution < 1.29 is 19.2 Å². The van der Waals surface area contributed by atoms with Crippen molar-refractivity contribution in [1.29, 1.82) is 5.26 Å². The molecule has 0 aromatic carbocycles.